The summed E-state index contributed by atoms with van der Waals surface area (Å²) in [7, 11) is 0. The van der Waals surface area contributed by atoms with Crippen LogP contribution in [-0.2, 0) is 4.74 Å². The molecular formula is C18H34N4O. The lowest BCUT2D eigenvalue weighted by molar-refractivity contribution is 0.153. The minimum atomic E-state index is 0.546. The molecule has 0 amide bonds. The molecule has 1 saturated heterocycles. The van der Waals surface area contributed by atoms with Crippen molar-refractivity contribution in [2.45, 2.75) is 58.5 Å². The summed E-state index contributed by atoms with van der Waals surface area (Å²) in [5.74, 6) is 0.975. The van der Waals surface area contributed by atoms with Gasteiger partial charge in [-0.1, -0.05) is 11.6 Å². The molecule has 5 heteroatoms. The highest BCUT2D eigenvalue weighted by atomic mass is 16.5. The van der Waals surface area contributed by atoms with Crippen LogP contribution in [0.3, 0.4) is 0 Å². The molecule has 0 aromatic carbocycles. The number of piperidine rings is 1. The summed E-state index contributed by atoms with van der Waals surface area (Å²) in [6.07, 6.45) is 6.72. The quantitative estimate of drug-likeness (QED) is 0.447. The Balaban J connectivity index is 1.76. The number of nitrogens with zero attached hydrogens (tertiary/aromatic N) is 2. The molecule has 0 spiro atoms. The van der Waals surface area contributed by atoms with Crippen molar-refractivity contribution in [1.82, 2.24) is 15.5 Å². The highest BCUT2D eigenvalue weighted by Crippen LogP contribution is 2.13. The number of hydrogen-bond acceptors (Lipinski definition) is 3. The fraction of sp³-hybridized carbons (Fsp3) is 0.833. The second kappa shape index (κ2) is 9.93. The summed E-state index contributed by atoms with van der Waals surface area (Å²) < 4.78 is 5.35. The molecule has 2 aliphatic rings. The average molecular weight is 322 g/mol. The van der Waals surface area contributed by atoms with Gasteiger partial charge in [-0.15, -0.1) is 0 Å². The first kappa shape index (κ1) is 18.3. The van der Waals surface area contributed by atoms with Gasteiger partial charge in [-0.25, -0.2) is 0 Å². The van der Waals surface area contributed by atoms with E-state index in [0.29, 0.717) is 12.1 Å². The zero-order valence-corrected chi connectivity index (χ0v) is 15.1. The van der Waals surface area contributed by atoms with E-state index in [9.17, 15) is 0 Å². The Morgan fingerprint density at radius 2 is 2.17 bits per heavy atom. The molecule has 0 aliphatic carbocycles. The first-order valence-electron chi connectivity index (χ1n) is 9.23. The number of guanidine groups is 1. The van der Waals surface area contributed by atoms with Crippen LogP contribution in [0, 0.1) is 0 Å². The van der Waals surface area contributed by atoms with Gasteiger partial charge in [0.25, 0.3) is 0 Å². The van der Waals surface area contributed by atoms with Gasteiger partial charge >= 0.3 is 0 Å². The Hall–Kier alpha value is -1.07. The van der Waals surface area contributed by atoms with Crippen LogP contribution in [0.1, 0.15) is 46.5 Å². The smallest absolute Gasteiger partial charge is 0.191 e. The largest absolute Gasteiger partial charge is 0.377 e. The van der Waals surface area contributed by atoms with Gasteiger partial charge in [0.05, 0.1) is 13.2 Å². The number of ether oxygens (including phenoxy) is 1. The number of aliphatic imine (C=N–C) groups is 1. The second-order valence-electron chi connectivity index (χ2n) is 6.75. The maximum atomic E-state index is 5.35. The fourth-order valence-electron chi connectivity index (χ4n) is 3.18. The number of nitrogens with one attached hydrogen (secondary N) is 2. The van der Waals surface area contributed by atoms with E-state index in [2.05, 4.69) is 42.4 Å². The van der Waals surface area contributed by atoms with Gasteiger partial charge in [-0.3, -0.25) is 4.99 Å². The van der Waals surface area contributed by atoms with Crippen LogP contribution in [-0.4, -0.2) is 62.3 Å². The van der Waals surface area contributed by atoms with Gasteiger partial charge in [-0.2, -0.15) is 0 Å². The van der Waals surface area contributed by atoms with E-state index in [0.717, 1.165) is 45.1 Å². The Labute approximate surface area is 141 Å². The third-order valence-corrected chi connectivity index (χ3v) is 4.71. The topological polar surface area (TPSA) is 48.9 Å². The lowest BCUT2D eigenvalue weighted by Gasteiger charge is -2.35. The van der Waals surface area contributed by atoms with E-state index in [4.69, 9.17) is 9.73 Å². The minimum absolute atomic E-state index is 0.546. The third kappa shape index (κ3) is 6.51. The first-order chi connectivity index (χ1) is 11.2. The molecule has 1 fully saturated rings. The molecule has 132 valence electrons. The Bertz CT molecular complexity index is 398. The summed E-state index contributed by atoms with van der Waals surface area (Å²) >= 11 is 0. The summed E-state index contributed by atoms with van der Waals surface area (Å²) in [4.78, 5) is 7.31. The van der Waals surface area contributed by atoms with Gasteiger partial charge in [0.15, 0.2) is 5.96 Å². The molecule has 2 rings (SSSR count). The molecule has 0 radical (unpaired) electrons. The van der Waals surface area contributed by atoms with E-state index >= 15 is 0 Å². The first-order valence-corrected chi connectivity index (χ1v) is 9.23. The van der Waals surface area contributed by atoms with Crippen LogP contribution in [0.4, 0.5) is 0 Å². The zero-order chi connectivity index (χ0) is 16.5. The van der Waals surface area contributed by atoms with Gasteiger partial charge in [-0.05, 0) is 46.5 Å². The van der Waals surface area contributed by atoms with Crippen molar-refractivity contribution in [2.24, 2.45) is 4.99 Å². The van der Waals surface area contributed by atoms with E-state index in [1.54, 1.807) is 0 Å². The molecule has 5 nitrogen and oxygen atoms in total. The van der Waals surface area contributed by atoms with Crippen molar-refractivity contribution < 1.29 is 4.74 Å². The summed E-state index contributed by atoms with van der Waals surface area (Å²) in [6.45, 7) is 12.4. The monoisotopic (exact) mass is 322 g/mol. The van der Waals surface area contributed by atoms with E-state index in [-0.39, 0.29) is 0 Å². The second-order valence-corrected chi connectivity index (χ2v) is 6.75. The molecule has 0 aromatic rings. The van der Waals surface area contributed by atoms with Gasteiger partial charge in [0.1, 0.15) is 0 Å². The normalized spacial score (nSPS) is 21.4. The highest BCUT2D eigenvalue weighted by Gasteiger charge is 2.21. The molecule has 2 N–H and O–H groups in total. The molecule has 2 aliphatic heterocycles. The molecule has 0 atom stereocenters. The van der Waals surface area contributed by atoms with Crippen molar-refractivity contribution in [3.63, 3.8) is 0 Å². The van der Waals surface area contributed by atoms with E-state index in [1.165, 1.54) is 31.5 Å². The Kier molecular flexibility index (Phi) is 7.89. The van der Waals surface area contributed by atoms with Crippen LogP contribution in [0.15, 0.2) is 16.6 Å². The minimum Gasteiger partial charge on any atom is -0.377 e. The molecular weight excluding hydrogens is 288 g/mol. The van der Waals surface area contributed by atoms with Gasteiger partial charge in [0, 0.05) is 38.3 Å². The highest BCUT2D eigenvalue weighted by molar-refractivity contribution is 5.80. The molecule has 0 unspecified atom stereocenters. The standard InChI is InChI=1S/C18H34N4O/c1-4-19-18(20-10-5-16-8-13-23-14-9-16)21-17-6-11-22(12-7-17)15(2)3/h8,15,17H,4-7,9-14H2,1-3H3,(H2,19,20,21). The SMILES string of the molecule is CCNC(=NCCC1=CCOCC1)NC1CCN(C(C)C)CC1. The van der Waals surface area contributed by atoms with Crippen molar-refractivity contribution in [3.8, 4) is 0 Å². The van der Waals surface area contributed by atoms with E-state index < -0.39 is 0 Å². The Morgan fingerprint density at radius 1 is 1.39 bits per heavy atom. The summed E-state index contributed by atoms with van der Waals surface area (Å²) in [5, 5.41) is 7.00. The lowest BCUT2D eigenvalue weighted by Crippen LogP contribution is -2.49. The van der Waals surface area contributed by atoms with Crippen LogP contribution < -0.4 is 10.6 Å². The van der Waals surface area contributed by atoms with Crippen LogP contribution >= 0.6 is 0 Å². The maximum absolute atomic E-state index is 5.35. The Morgan fingerprint density at radius 3 is 2.78 bits per heavy atom. The molecule has 2 heterocycles. The molecule has 0 saturated carbocycles. The number of likely N-dealkylation sites (tertiary alicyclic amines) is 1. The van der Waals surface area contributed by atoms with Crippen molar-refractivity contribution >= 4 is 5.96 Å². The van der Waals surface area contributed by atoms with Crippen LogP contribution in [0.5, 0.6) is 0 Å². The van der Waals surface area contributed by atoms with Gasteiger partial charge < -0.3 is 20.3 Å². The van der Waals surface area contributed by atoms with Gasteiger partial charge in [0.2, 0.25) is 0 Å². The summed E-state index contributed by atoms with van der Waals surface area (Å²) in [6, 6.07) is 1.20. The van der Waals surface area contributed by atoms with Crippen LogP contribution in [0.25, 0.3) is 0 Å². The zero-order valence-electron chi connectivity index (χ0n) is 15.1. The predicted octanol–water partition coefficient (Wildman–Crippen LogP) is 2.15. The molecule has 0 bridgehead atoms. The van der Waals surface area contributed by atoms with Crippen molar-refractivity contribution in [2.75, 3.05) is 39.4 Å². The van der Waals surface area contributed by atoms with E-state index in [1.807, 2.05) is 0 Å². The number of rotatable bonds is 6. The van der Waals surface area contributed by atoms with Crippen molar-refractivity contribution in [1.29, 1.82) is 0 Å². The maximum Gasteiger partial charge on any atom is 0.191 e. The average Bonchev–Trinajstić information content (AvgIpc) is 2.56. The van der Waals surface area contributed by atoms with Crippen molar-refractivity contribution in [3.05, 3.63) is 11.6 Å². The van der Waals surface area contributed by atoms with Crippen LogP contribution in [0.2, 0.25) is 0 Å². The number of hydrogen-bond donors (Lipinski definition) is 2. The predicted molar refractivity (Wildman–Crippen MR) is 97.0 cm³/mol. The summed E-state index contributed by atoms with van der Waals surface area (Å²) in [5.41, 5.74) is 1.49. The lowest BCUT2D eigenvalue weighted by atomic mass is 10.0. The fourth-order valence-corrected chi connectivity index (χ4v) is 3.18. The molecule has 0 aromatic heterocycles. The third-order valence-electron chi connectivity index (χ3n) is 4.71. The molecule has 23 heavy (non-hydrogen) atoms.